The van der Waals surface area contributed by atoms with Gasteiger partial charge in [-0.25, -0.2) is 0 Å². The summed E-state index contributed by atoms with van der Waals surface area (Å²) >= 11 is 0. The zero-order chi connectivity index (χ0) is 13.4. The zero-order valence-electron chi connectivity index (χ0n) is 10.4. The SMILES string of the molecule is Cc1cc(C)c2c(c1)C(=C(C#N)C#N)C(=O)N2C. The van der Waals surface area contributed by atoms with E-state index in [2.05, 4.69) is 0 Å². The number of hydrogen-bond acceptors (Lipinski definition) is 3. The van der Waals surface area contributed by atoms with Gasteiger partial charge in [0.1, 0.15) is 17.7 Å². The first kappa shape index (κ1) is 11.9. The summed E-state index contributed by atoms with van der Waals surface area (Å²) in [6.07, 6.45) is 0. The third-order valence-electron chi connectivity index (χ3n) is 3.04. The van der Waals surface area contributed by atoms with Crippen LogP contribution in [-0.4, -0.2) is 13.0 Å². The summed E-state index contributed by atoms with van der Waals surface area (Å²) in [7, 11) is 1.66. The number of anilines is 1. The lowest BCUT2D eigenvalue weighted by atomic mass is 9.98. The van der Waals surface area contributed by atoms with E-state index < -0.39 is 0 Å². The fraction of sp³-hybridized carbons (Fsp3) is 0.214. The highest BCUT2D eigenvalue weighted by Crippen LogP contribution is 2.40. The molecule has 1 aromatic carbocycles. The predicted octanol–water partition coefficient (Wildman–Crippen LogP) is 2.08. The summed E-state index contributed by atoms with van der Waals surface area (Å²) in [5.41, 5.74) is 3.51. The Hall–Kier alpha value is -2.59. The summed E-state index contributed by atoms with van der Waals surface area (Å²) in [5, 5.41) is 17.9. The van der Waals surface area contributed by atoms with E-state index in [0.717, 1.165) is 16.8 Å². The molecule has 0 fully saturated rings. The van der Waals surface area contributed by atoms with Crippen LogP contribution >= 0.6 is 0 Å². The smallest absolute Gasteiger partial charge is 0.260 e. The van der Waals surface area contributed by atoms with Crippen molar-refractivity contribution in [2.45, 2.75) is 13.8 Å². The summed E-state index contributed by atoms with van der Waals surface area (Å²) in [6.45, 7) is 3.84. The zero-order valence-corrected chi connectivity index (χ0v) is 10.4. The quantitative estimate of drug-likeness (QED) is 0.512. The van der Waals surface area contributed by atoms with E-state index in [9.17, 15) is 4.79 Å². The second-order valence-electron chi connectivity index (χ2n) is 4.32. The lowest BCUT2D eigenvalue weighted by Crippen LogP contribution is -2.21. The highest BCUT2D eigenvalue weighted by atomic mass is 16.2. The number of allylic oxidation sites excluding steroid dienone is 1. The fourth-order valence-electron chi connectivity index (χ4n) is 2.36. The molecule has 88 valence electrons. The lowest BCUT2D eigenvalue weighted by Gasteiger charge is -2.12. The molecule has 0 radical (unpaired) electrons. The Morgan fingerprint density at radius 1 is 1.22 bits per heavy atom. The van der Waals surface area contributed by atoms with Crippen LogP contribution in [0, 0.1) is 36.5 Å². The summed E-state index contributed by atoms with van der Waals surface area (Å²) in [6, 6.07) is 7.41. The number of fused-ring (bicyclic) bond motifs is 1. The molecule has 2 rings (SSSR count). The third kappa shape index (κ3) is 1.48. The Morgan fingerprint density at radius 2 is 1.83 bits per heavy atom. The molecule has 0 unspecified atom stereocenters. The Morgan fingerprint density at radius 3 is 2.39 bits per heavy atom. The van der Waals surface area contributed by atoms with Gasteiger partial charge in [0.15, 0.2) is 0 Å². The minimum atomic E-state index is -0.295. The molecule has 0 bridgehead atoms. The summed E-state index contributed by atoms with van der Waals surface area (Å²) < 4.78 is 0. The van der Waals surface area contributed by atoms with Crippen LogP contribution in [0.15, 0.2) is 17.7 Å². The van der Waals surface area contributed by atoms with E-state index in [-0.39, 0.29) is 17.1 Å². The molecule has 1 heterocycles. The number of nitrogens with zero attached hydrogens (tertiary/aromatic N) is 3. The molecule has 1 aliphatic heterocycles. The molecule has 1 amide bonds. The first-order chi connectivity index (χ1) is 8.51. The van der Waals surface area contributed by atoms with E-state index in [1.54, 1.807) is 19.2 Å². The molecule has 1 aromatic rings. The first-order valence-electron chi connectivity index (χ1n) is 5.45. The Bertz CT molecular complexity index is 656. The molecule has 4 heteroatoms. The molecule has 0 N–H and O–H groups in total. The van der Waals surface area contributed by atoms with E-state index in [4.69, 9.17) is 10.5 Å². The standard InChI is InChI=1S/C14H11N3O/c1-8-4-9(2)13-11(5-8)12(10(6-15)7-16)14(18)17(13)3/h4-5H,1-3H3. The lowest BCUT2D eigenvalue weighted by molar-refractivity contribution is -0.112. The maximum atomic E-state index is 12.2. The van der Waals surface area contributed by atoms with Gasteiger partial charge in [0.05, 0.1) is 11.3 Å². The van der Waals surface area contributed by atoms with Gasteiger partial charge in [0, 0.05) is 12.6 Å². The molecule has 0 aromatic heterocycles. The molecule has 0 spiro atoms. The second kappa shape index (κ2) is 4.01. The molecule has 1 aliphatic rings. The second-order valence-corrected chi connectivity index (χ2v) is 4.32. The average Bonchev–Trinajstić information content (AvgIpc) is 2.55. The fourth-order valence-corrected chi connectivity index (χ4v) is 2.36. The van der Waals surface area contributed by atoms with Crippen molar-refractivity contribution < 1.29 is 4.79 Å². The predicted molar refractivity (Wildman–Crippen MR) is 67.5 cm³/mol. The normalized spacial score (nSPS) is 13.1. The van der Waals surface area contributed by atoms with Gasteiger partial charge in [-0.2, -0.15) is 10.5 Å². The number of rotatable bonds is 0. The molecule has 0 aliphatic carbocycles. The van der Waals surface area contributed by atoms with E-state index in [0.29, 0.717) is 5.56 Å². The molecule has 0 saturated carbocycles. The van der Waals surface area contributed by atoms with Crippen LogP contribution < -0.4 is 4.90 Å². The molecule has 0 atom stereocenters. The molecule has 18 heavy (non-hydrogen) atoms. The minimum Gasteiger partial charge on any atom is -0.310 e. The van der Waals surface area contributed by atoms with Crippen LogP contribution in [0.25, 0.3) is 5.57 Å². The van der Waals surface area contributed by atoms with Crippen LogP contribution in [0.2, 0.25) is 0 Å². The molecule has 0 saturated heterocycles. The molecule has 4 nitrogen and oxygen atoms in total. The van der Waals surface area contributed by atoms with Gasteiger partial charge >= 0.3 is 0 Å². The van der Waals surface area contributed by atoms with E-state index in [1.807, 2.05) is 26.0 Å². The van der Waals surface area contributed by atoms with Crippen molar-refractivity contribution in [3.05, 3.63) is 34.4 Å². The van der Waals surface area contributed by atoms with E-state index >= 15 is 0 Å². The number of carbonyl (C=O) groups excluding carboxylic acids is 1. The number of hydrogen-bond donors (Lipinski definition) is 0. The first-order valence-corrected chi connectivity index (χ1v) is 5.45. The summed E-state index contributed by atoms with van der Waals surface area (Å²) in [4.78, 5) is 13.6. The van der Waals surface area contributed by atoms with Crippen LogP contribution in [0.4, 0.5) is 5.69 Å². The number of likely N-dealkylation sites (N-methyl/N-ethyl adjacent to an activating group) is 1. The maximum Gasteiger partial charge on any atom is 0.260 e. The summed E-state index contributed by atoms with van der Waals surface area (Å²) in [5.74, 6) is -0.295. The maximum absolute atomic E-state index is 12.2. The number of carbonyl (C=O) groups is 1. The van der Waals surface area contributed by atoms with Crippen molar-refractivity contribution in [2.75, 3.05) is 11.9 Å². The van der Waals surface area contributed by atoms with Crippen LogP contribution in [0.5, 0.6) is 0 Å². The molecular formula is C14H11N3O. The topological polar surface area (TPSA) is 67.9 Å². The van der Waals surface area contributed by atoms with Crippen molar-refractivity contribution in [3.63, 3.8) is 0 Å². The highest BCUT2D eigenvalue weighted by molar-refractivity contribution is 6.34. The van der Waals surface area contributed by atoms with Crippen LogP contribution in [0.1, 0.15) is 16.7 Å². The number of nitriles is 2. The average molecular weight is 237 g/mol. The van der Waals surface area contributed by atoms with Gasteiger partial charge in [-0.3, -0.25) is 4.79 Å². The van der Waals surface area contributed by atoms with Gasteiger partial charge in [0.2, 0.25) is 0 Å². The highest BCUT2D eigenvalue weighted by Gasteiger charge is 2.33. The van der Waals surface area contributed by atoms with Gasteiger partial charge in [-0.05, 0) is 25.5 Å². The monoisotopic (exact) mass is 237 g/mol. The van der Waals surface area contributed by atoms with Crippen LogP contribution in [0.3, 0.4) is 0 Å². The van der Waals surface area contributed by atoms with Crippen molar-refractivity contribution in [1.29, 1.82) is 10.5 Å². The third-order valence-corrected chi connectivity index (χ3v) is 3.04. The largest absolute Gasteiger partial charge is 0.310 e. The number of amides is 1. The van der Waals surface area contributed by atoms with Crippen molar-refractivity contribution in [2.24, 2.45) is 0 Å². The molecular weight excluding hydrogens is 226 g/mol. The van der Waals surface area contributed by atoms with Crippen molar-refractivity contribution in [3.8, 4) is 12.1 Å². The number of aryl methyl sites for hydroxylation is 2. The van der Waals surface area contributed by atoms with Crippen LogP contribution in [-0.2, 0) is 4.79 Å². The van der Waals surface area contributed by atoms with Crippen molar-refractivity contribution >= 4 is 17.2 Å². The Balaban J connectivity index is 2.88. The number of benzene rings is 1. The Kier molecular flexibility index (Phi) is 2.65. The van der Waals surface area contributed by atoms with E-state index in [1.165, 1.54) is 4.90 Å². The van der Waals surface area contributed by atoms with Gasteiger partial charge in [-0.15, -0.1) is 0 Å². The van der Waals surface area contributed by atoms with Gasteiger partial charge in [-0.1, -0.05) is 11.6 Å². The van der Waals surface area contributed by atoms with Gasteiger partial charge < -0.3 is 4.90 Å². The minimum absolute atomic E-state index is 0.129. The van der Waals surface area contributed by atoms with Crippen molar-refractivity contribution in [1.82, 2.24) is 0 Å². The Labute approximate surface area is 105 Å². The van der Waals surface area contributed by atoms with Gasteiger partial charge in [0.25, 0.3) is 5.91 Å².